The number of nitrogens with zero attached hydrogens (tertiary/aromatic N) is 2. The second-order valence-electron chi connectivity index (χ2n) is 13.8. The second-order valence-corrected chi connectivity index (χ2v) is 17.6. The standard InChI is InChI=1S/C40H44FN3O6Si/c1-27-37(51(3,4)41)35(24-36(46)43(21-22-45)25-28-11-6-5-7-12-28)50-40(27)33-15-8-9-16-34(33)44(39(40)48)26-29-13-10-14-31(23-29)42-38(47)30-17-19-32(49-2)20-18-30/h5-20,23,27,35,37,45H,21-22,24-26H2,1-4H3,(H,42,47)/t27-,35+,37-,40+/m1/s1. The van der Waals surface area contributed by atoms with Crippen LogP contribution in [0.4, 0.5) is 15.5 Å². The molecule has 51 heavy (non-hydrogen) atoms. The first-order valence-corrected chi connectivity index (χ1v) is 20.2. The van der Waals surface area contributed by atoms with Crippen molar-refractivity contribution in [1.29, 1.82) is 0 Å². The van der Waals surface area contributed by atoms with E-state index < -0.39 is 31.6 Å². The first-order valence-electron chi connectivity index (χ1n) is 17.2. The van der Waals surface area contributed by atoms with Crippen LogP contribution >= 0.6 is 0 Å². The SMILES string of the molecule is COc1ccc(C(=O)Nc2cccc(CN3C(=O)[C@@]4(O[C@@H](CC(=O)N(CCO)Cc5ccccc5)[C@H]([Si](C)(C)F)[C@H]4C)c4ccccc43)c2)cc1. The van der Waals surface area contributed by atoms with Gasteiger partial charge in [0.2, 0.25) is 14.3 Å². The Hall–Kier alpha value is -4.84. The fourth-order valence-electron chi connectivity index (χ4n) is 7.75. The summed E-state index contributed by atoms with van der Waals surface area (Å²) >= 11 is 0. The van der Waals surface area contributed by atoms with Gasteiger partial charge in [0, 0.05) is 41.4 Å². The van der Waals surface area contributed by atoms with Crippen LogP contribution in [0.1, 0.15) is 40.4 Å². The molecule has 1 fully saturated rings. The van der Waals surface area contributed by atoms with Gasteiger partial charge in [0.25, 0.3) is 11.8 Å². The van der Waals surface area contributed by atoms with Crippen molar-refractivity contribution in [1.82, 2.24) is 4.90 Å². The molecule has 1 saturated heterocycles. The van der Waals surface area contributed by atoms with Crippen molar-refractivity contribution in [2.24, 2.45) is 5.92 Å². The molecule has 1 spiro atoms. The summed E-state index contributed by atoms with van der Waals surface area (Å²) in [5.74, 6) is -0.768. The van der Waals surface area contributed by atoms with Gasteiger partial charge >= 0.3 is 0 Å². The molecule has 0 aliphatic carbocycles. The van der Waals surface area contributed by atoms with Gasteiger partial charge in [-0.25, -0.2) is 0 Å². The van der Waals surface area contributed by atoms with Crippen LogP contribution in [-0.2, 0) is 33.0 Å². The smallest absolute Gasteiger partial charge is 0.264 e. The zero-order chi connectivity index (χ0) is 36.3. The van der Waals surface area contributed by atoms with Crippen LogP contribution in [0.2, 0.25) is 18.6 Å². The lowest BCUT2D eigenvalue weighted by Crippen LogP contribution is -2.45. The molecule has 0 unspecified atom stereocenters. The summed E-state index contributed by atoms with van der Waals surface area (Å²) in [5.41, 5.74) is 1.91. The number of halogens is 1. The molecule has 2 aliphatic rings. The summed E-state index contributed by atoms with van der Waals surface area (Å²) < 4.78 is 28.3. The van der Waals surface area contributed by atoms with Crippen molar-refractivity contribution < 1.29 is 33.1 Å². The number of nitrogens with one attached hydrogen (secondary N) is 1. The molecule has 0 bridgehead atoms. The Morgan fingerprint density at radius 2 is 1.67 bits per heavy atom. The first-order chi connectivity index (χ1) is 24.5. The fraction of sp³-hybridized carbons (Fsp3) is 0.325. The number of benzene rings is 4. The second kappa shape index (κ2) is 14.8. The number of methoxy groups -OCH3 is 1. The number of aliphatic hydroxyl groups excluding tert-OH is 1. The summed E-state index contributed by atoms with van der Waals surface area (Å²) in [6.45, 7) is 5.47. The van der Waals surface area contributed by atoms with Gasteiger partial charge in [-0.15, -0.1) is 0 Å². The summed E-state index contributed by atoms with van der Waals surface area (Å²) in [6.07, 6.45) is -0.959. The van der Waals surface area contributed by atoms with Crippen LogP contribution in [0.25, 0.3) is 0 Å². The minimum absolute atomic E-state index is 0.116. The van der Waals surface area contributed by atoms with E-state index in [1.54, 1.807) is 60.3 Å². The highest BCUT2D eigenvalue weighted by Crippen LogP contribution is 2.60. The molecule has 9 nitrogen and oxygen atoms in total. The Labute approximate surface area is 299 Å². The highest BCUT2D eigenvalue weighted by Gasteiger charge is 2.67. The van der Waals surface area contributed by atoms with Gasteiger partial charge in [-0.3, -0.25) is 14.4 Å². The van der Waals surface area contributed by atoms with Crippen molar-refractivity contribution >= 4 is 37.5 Å². The Kier molecular flexibility index (Phi) is 10.4. The van der Waals surface area contributed by atoms with E-state index in [0.717, 1.165) is 11.1 Å². The third kappa shape index (κ3) is 7.19. The number of aliphatic hydroxyl groups is 1. The number of carbonyl (C=O) groups is 3. The molecule has 4 atom stereocenters. The van der Waals surface area contributed by atoms with Crippen LogP contribution in [0.5, 0.6) is 5.75 Å². The maximum Gasteiger partial charge on any atom is 0.264 e. The number of para-hydroxylation sites is 1. The Balaban J connectivity index is 1.26. The van der Waals surface area contributed by atoms with Gasteiger partial charge in [0.05, 0.1) is 38.5 Å². The lowest BCUT2D eigenvalue weighted by molar-refractivity contribution is -0.150. The van der Waals surface area contributed by atoms with Gasteiger partial charge in [-0.1, -0.05) is 67.6 Å². The molecule has 266 valence electrons. The van der Waals surface area contributed by atoms with E-state index in [9.17, 15) is 19.5 Å². The van der Waals surface area contributed by atoms with E-state index in [0.29, 0.717) is 34.8 Å². The van der Waals surface area contributed by atoms with Crippen LogP contribution in [0.3, 0.4) is 0 Å². The minimum Gasteiger partial charge on any atom is -0.497 e. The zero-order valence-corrected chi connectivity index (χ0v) is 30.3. The van der Waals surface area contributed by atoms with Crippen molar-refractivity contribution in [3.05, 3.63) is 125 Å². The quantitative estimate of drug-likeness (QED) is 0.126. The Bertz CT molecular complexity index is 1890. The molecular weight excluding hydrogens is 666 g/mol. The lowest BCUT2D eigenvalue weighted by Gasteiger charge is -2.31. The molecule has 4 aromatic rings. The van der Waals surface area contributed by atoms with E-state index in [1.165, 1.54) is 0 Å². The van der Waals surface area contributed by atoms with Crippen LogP contribution in [-0.4, -0.2) is 62.5 Å². The van der Waals surface area contributed by atoms with Crippen LogP contribution < -0.4 is 15.0 Å². The molecule has 6 rings (SSSR count). The minimum atomic E-state index is -3.50. The summed E-state index contributed by atoms with van der Waals surface area (Å²) in [4.78, 5) is 44.8. The highest BCUT2D eigenvalue weighted by molar-refractivity contribution is 6.72. The van der Waals surface area contributed by atoms with E-state index in [4.69, 9.17) is 9.47 Å². The van der Waals surface area contributed by atoms with Gasteiger partial charge < -0.3 is 33.8 Å². The molecule has 0 radical (unpaired) electrons. The van der Waals surface area contributed by atoms with Gasteiger partial charge in [-0.05, 0) is 66.7 Å². The molecular formula is C40H44FN3O6Si. The molecule has 4 aromatic carbocycles. The Morgan fingerprint density at radius 3 is 2.35 bits per heavy atom. The average molecular weight is 710 g/mol. The van der Waals surface area contributed by atoms with Gasteiger partial charge in [0.15, 0.2) is 5.60 Å². The van der Waals surface area contributed by atoms with Crippen molar-refractivity contribution in [2.45, 2.75) is 56.8 Å². The molecule has 2 heterocycles. The maximum absolute atomic E-state index is 16.4. The van der Waals surface area contributed by atoms with E-state index in [2.05, 4.69) is 5.32 Å². The zero-order valence-electron chi connectivity index (χ0n) is 29.3. The number of ether oxygens (including phenoxy) is 2. The largest absolute Gasteiger partial charge is 0.497 e. The first kappa shape index (κ1) is 36.0. The van der Waals surface area contributed by atoms with Gasteiger partial charge in [0.1, 0.15) is 5.75 Å². The molecule has 3 amide bonds. The molecule has 0 saturated carbocycles. The Morgan fingerprint density at radius 1 is 0.980 bits per heavy atom. The third-order valence-electron chi connectivity index (χ3n) is 10.1. The van der Waals surface area contributed by atoms with Crippen LogP contribution in [0, 0.1) is 5.92 Å². The maximum atomic E-state index is 16.4. The molecule has 0 aromatic heterocycles. The molecule has 2 aliphatic heterocycles. The number of anilines is 2. The highest BCUT2D eigenvalue weighted by atomic mass is 28.4. The average Bonchev–Trinajstić information content (AvgIpc) is 3.54. The van der Waals surface area contributed by atoms with Crippen molar-refractivity contribution in [2.75, 3.05) is 30.5 Å². The number of carbonyl (C=O) groups excluding carboxylic acids is 3. The summed E-state index contributed by atoms with van der Waals surface area (Å²) in [7, 11) is -1.94. The van der Waals surface area contributed by atoms with E-state index >= 15 is 4.11 Å². The van der Waals surface area contributed by atoms with E-state index in [1.807, 2.05) is 79.7 Å². The number of amides is 3. The van der Waals surface area contributed by atoms with Crippen LogP contribution in [0.15, 0.2) is 103 Å². The van der Waals surface area contributed by atoms with Crippen molar-refractivity contribution in [3.63, 3.8) is 0 Å². The third-order valence-corrected chi connectivity index (χ3v) is 12.5. The van der Waals surface area contributed by atoms with Crippen molar-refractivity contribution in [3.8, 4) is 5.75 Å². The topological polar surface area (TPSA) is 108 Å². The number of rotatable bonds is 12. The number of hydrogen-bond donors (Lipinski definition) is 2. The predicted molar refractivity (Wildman–Crippen MR) is 197 cm³/mol. The number of hydrogen-bond acceptors (Lipinski definition) is 6. The fourth-order valence-corrected chi connectivity index (χ4v) is 10.2. The van der Waals surface area contributed by atoms with Gasteiger partial charge in [-0.2, -0.15) is 0 Å². The molecule has 11 heteroatoms. The summed E-state index contributed by atoms with van der Waals surface area (Å²) in [5, 5.41) is 12.7. The monoisotopic (exact) mass is 709 g/mol. The molecule has 2 N–H and O–H groups in total. The number of fused-ring (bicyclic) bond motifs is 2. The lowest BCUT2D eigenvalue weighted by atomic mass is 9.82. The van der Waals surface area contributed by atoms with E-state index in [-0.39, 0.29) is 43.8 Å². The predicted octanol–water partition coefficient (Wildman–Crippen LogP) is 6.68. The summed E-state index contributed by atoms with van der Waals surface area (Å²) in [6, 6.07) is 31.0. The normalized spacial score (nSPS) is 21.1.